The number of rotatable bonds is 4. The normalized spacial score (nSPS) is 13.5. The van der Waals surface area contributed by atoms with E-state index < -0.39 is 0 Å². The van der Waals surface area contributed by atoms with Gasteiger partial charge >= 0.3 is 0 Å². The number of phenolic OH excluding ortho intramolecular Hbond substituents is 1. The van der Waals surface area contributed by atoms with Gasteiger partial charge in [-0.25, -0.2) is 0 Å². The number of para-hydroxylation sites is 1. The Morgan fingerprint density at radius 2 is 1.81 bits per heavy atom. The van der Waals surface area contributed by atoms with Gasteiger partial charge in [-0.3, -0.25) is 0 Å². The van der Waals surface area contributed by atoms with Gasteiger partial charge in [0.2, 0.25) is 0 Å². The van der Waals surface area contributed by atoms with Crippen LogP contribution in [0.1, 0.15) is 41.0 Å². The van der Waals surface area contributed by atoms with Crippen molar-refractivity contribution in [3.8, 4) is 5.75 Å². The minimum atomic E-state index is 0.315. The van der Waals surface area contributed by atoms with E-state index in [0.29, 0.717) is 17.1 Å². The molecule has 0 radical (unpaired) electrons. The summed E-state index contributed by atoms with van der Waals surface area (Å²) < 4.78 is 0. The lowest BCUT2D eigenvalue weighted by Gasteiger charge is -2.28. The van der Waals surface area contributed by atoms with Crippen molar-refractivity contribution in [3.05, 3.63) is 66.8 Å². The zero-order chi connectivity index (χ0) is 16.3. The van der Waals surface area contributed by atoms with Crippen LogP contribution in [-0.4, -0.2) is 5.11 Å². The Balaban J connectivity index is 0.000000471. The molecule has 0 saturated carbocycles. The van der Waals surface area contributed by atoms with Gasteiger partial charge in [-0.15, -0.1) is 0 Å². The number of benzene rings is 1. The maximum absolute atomic E-state index is 8.63. The van der Waals surface area contributed by atoms with E-state index in [0.717, 1.165) is 6.42 Å². The van der Waals surface area contributed by atoms with E-state index in [-0.39, 0.29) is 0 Å². The fraction of sp³-hybridized carbons (Fsp3) is 0.400. The molecule has 1 aromatic rings. The molecule has 21 heavy (non-hydrogen) atoms. The Hall–Kier alpha value is -1.76. The van der Waals surface area contributed by atoms with E-state index >= 15 is 0 Å². The minimum Gasteiger partial charge on any atom is -0.508 e. The Morgan fingerprint density at radius 3 is 2.14 bits per heavy atom. The average molecular weight is 286 g/mol. The monoisotopic (exact) mass is 286 g/mol. The number of phenols is 1. The highest BCUT2D eigenvalue weighted by Gasteiger charge is 2.21. The van der Waals surface area contributed by atoms with Crippen LogP contribution < -0.4 is 0 Å². The van der Waals surface area contributed by atoms with Gasteiger partial charge in [-0.1, -0.05) is 76.8 Å². The average Bonchev–Trinajstić information content (AvgIpc) is 2.44. The largest absolute Gasteiger partial charge is 0.508 e. The molecule has 1 atom stereocenters. The molecule has 1 aromatic carbocycles. The first kappa shape index (κ1) is 19.2. The van der Waals surface area contributed by atoms with Gasteiger partial charge in [0.25, 0.3) is 0 Å². The van der Waals surface area contributed by atoms with Crippen molar-refractivity contribution in [2.75, 3.05) is 0 Å². The van der Waals surface area contributed by atoms with Crippen LogP contribution in [0.2, 0.25) is 0 Å². The molecule has 1 rings (SSSR count). The third-order valence-corrected chi connectivity index (χ3v) is 3.52. The lowest BCUT2D eigenvalue weighted by Crippen LogP contribution is -2.18. The molecule has 0 aromatic heterocycles. The van der Waals surface area contributed by atoms with Crippen molar-refractivity contribution in [2.24, 2.45) is 11.3 Å². The molecular formula is C20H30O. The van der Waals surface area contributed by atoms with Gasteiger partial charge in [-0.05, 0) is 42.4 Å². The quantitative estimate of drug-likeness (QED) is 0.520. The summed E-state index contributed by atoms with van der Waals surface area (Å²) in [5.74, 6) is 0.882. The lowest BCUT2D eigenvalue weighted by atomic mass is 9.77. The van der Waals surface area contributed by atoms with E-state index in [9.17, 15) is 0 Å². The van der Waals surface area contributed by atoms with Gasteiger partial charge in [0, 0.05) is 0 Å². The molecule has 0 spiro atoms. The van der Waals surface area contributed by atoms with E-state index in [1.54, 1.807) is 24.3 Å². The molecule has 0 aliphatic rings. The molecule has 0 aliphatic heterocycles. The van der Waals surface area contributed by atoms with Gasteiger partial charge < -0.3 is 5.11 Å². The molecule has 0 fully saturated rings. The van der Waals surface area contributed by atoms with Crippen molar-refractivity contribution < 1.29 is 5.11 Å². The highest BCUT2D eigenvalue weighted by Crippen LogP contribution is 2.32. The topological polar surface area (TPSA) is 20.2 Å². The maximum atomic E-state index is 8.63. The molecule has 0 amide bonds. The van der Waals surface area contributed by atoms with Crippen LogP contribution in [-0.2, 0) is 0 Å². The maximum Gasteiger partial charge on any atom is 0.115 e. The van der Waals surface area contributed by atoms with Gasteiger partial charge in [0.15, 0.2) is 0 Å². The molecule has 0 bridgehead atoms. The lowest BCUT2D eigenvalue weighted by molar-refractivity contribution is 0.304. The van der Waals surface area contributed by atoms with Crippen LogP contribution >= 0.6 is 0 Å². The summed E-state index contributed by atoms with van der Waals surface area (Å²) in [6.45, 7) is 15.0. The number of aromatic hydroxyl groups is 1. The van der Waals surface area contributed by atoms with Crippen molar-refractivity contribution >= 4 is 0 Å². The Kier molecular flexibility index (Phi) is 9.20. The summed E-state index contributed by atoms with van der Waals surface area (Å²) in [6, 6.07) is 8.71. The highest BCUT2D eigenvalue weighted by molar-refractivity contribution is 5.21. The summed E-state index contributed by atoms with van der Waals surface area (Å²) in [6.07, 6.45) is 9.51. The Bertz CT molecular complexity index is 446. The van der Waals surface area contributed by atoms with Crippen molar-refractivity contribution in [2.45, 2.75) is 41.0 Å². The molecule has 1 N–H and O–H groups in total. The second-order valence-corrected chi connectivity index (χ2v) is 6.14. The molecule has 1 unspecified atom stereocenters. The van der Waals surface area contributed by atoms with Gasteiger partial charge in [0.05, 0.1) is 0 Å². The van der Waals surface area contributed by atoms with E-state index in [4.69, 9.17) is 5.11 Å². The van der Waals surface area contributed by atoms with E-state index in [1.807, 2.05) is 12.1 Å². The van der Waals surface area contributed by atoms with Crippen LogP contribution in [0.5, 0.6) is 5.75 Å². The van der Waals surface area contributed by atoms with Gasteiger partial charge in [0.1, 0.15) is 5.75 Å². The first-order chi connectivity index (χ1) is 9.82. The first-order valence-corrected chi connectivity index (χ1v) is 7.50. The molecule has 0 saturated heterocycles. The summed E-state index contributed by atoms with van der Waals surface area (Å²) >= 11 is 0. The zero-order valence-electron chi connectivity index (χ0n) is 14.1. The third kappa shape index (κ3) is 8.91. The predicted molar refractivity (Wildman–Crippen MR) is 94.4 cm³/mol. The minimum absolute atomic E-state index is 0.315. The van der Waals surface area contributed by atoms with Crippen LogP contribution in [0.4, 0.5) is 0 Å². The summed E-state index contributed by atoms with van der Waals surface area (Å²) in [4.78, 5) is 0. The highest BCUT2D eigenvalue weighted by atomic mass is 16.3. The first-order valence-electron chi connectivity index (χ1n) is 7.50. The smallest absolute Gasteiger partial charge is 0.115 e. The summed E-state index contributed by atoms with van der Waals surface area (Å²) in [5, 5.41) is 8.63. The van der Waals surface area contributed by atoms with Crippen LogP contribution in [0.25, 0.3) is 0 Å². The Labute approximate surface area is 130 Å². The zero-order valence-corrected chi connectivity index (χ0v) is 14.1. The van der Waals surface area contributed by atoms with Crippen LogP contribution in [0.15, 0.2) is 66.8 Å². The SMILES string of the molecule is C=CC(=CC/C=C\C)C(C)C(C)(C)C.Oc1ccccc1. The van der Waals surface area contributed by atoms with Crippen molar-refractivity contribution in [1.29, 1.82) is 0 Å². The van der Waals surface area contributed by atoms with E-state index in [1.165, 1.54) is 5.57 Å². The van der Waals surface area contributed by atoms with Crippen LogP contribution in [0, 0.1) is 11.3 Å². The molecular weight excluding hydrogens is 256 g/mol. The number of hydrogen-bond acceptors (Lipinski definition) is 1. The van der Waals surface area contributed by atoms with Crippen molar-refractivity contribution in [1.82, 2.24) is 0 Å². The molecule has 1 heteroatoms. The van der Waals surface area contributed by atoms with Gasteiger partial charge in [-0.2, -0.15) is 0 Å². The molecule has 116 valence electrons. The predicted octanol–water partition coefficient (Wildman–Crippen LogP) is 6.14. The number of allylic oxidation sites excluding steroid dienone is 5. The second kappa shape index (κ2) is 10.0. The van der Waals surface area contributed by atoms with E-state index in [2.05, 4.69) is 59.4 Å². The Morgan fingerprint density at radius 1 is 1.24 bits per heavy atom. The fourth-order valence-corrected chi connectivity index (χ4v) is 1.71. The number of hydrogen-bond donors (Lipinski definition) is 1. The molecule has 1 nitrogen and oxygen atoms in total. The summed E-state index contributed by atoms with van der Waals surface area (Å²) in [7, 11) is 0. The fourth-order valence-electron chi connectivity index (χ4n) is 1.71. The summed E-state index contributed by atoms with van der Waals surface area (Å²) in [5.41, 5.74) is 1.67. The second-order valence-electron chi connectivity index (χ2n) is 6.14. The molecule has 0 heterocycles. The molecule has 0 aliphatic carbocycles. The standard InChI is InChI=1S/C14H24.C6H6O/c1-7-9-10-11-13(8-2)12(3)14(4,5)6;7-6-4-2-1-3-5-6/h7-9,11-12H,2,10H2,1,3-6H3;1-5,7H/b9-7-,13-11?;. The third-order valence-electron chi connectivity index (χ3n) is 3.52. The van der Waals surface area contributed by atoms with Crippen LogP contribution in [0.3, 0.4) is 0 Å². The van der Waals surface area contributed by atoms with Crippen molar-refractivity contribution in [3.63, 3.8) is 0 Å².